The summed E-state index contributed by atoms with van der Waals surface area (Å²) in [6.07, 6.45) is -9.56. The summed E-state index contributed by atoms with van der Waals surface area (Å²) in [4.78, 5) is 0. The molecule has 6 atom stereocenters. The molecule has 1 aliphatic rings. The molecule has 0 aromatic rings. The second-order valence-corrected chi connectivity index (χ2v) is 4.13. The van der Waals surface area contributed by atoms with Gasteiger partial charge in [0.15, 0.2) is 8.46 Å². The normalized spacial score (nSPS) is 54.9. The number of aliphatic hydroxyl groups excluding tert-OH is 5. The predicted octanol–water partition coefficient (Wildman–Crippen LogP) is -3.22. The van der Waals surface area contributed by atoms with Gasteiger partial charge in [0.1, 0.15) is 30.5 Å². The molecule has 1 rings (SSSR count). The lowest BCUT2D eigenvalue weighted by Gasteiger charge is -2.43. The Kier molecular flexibility index (Phi) is 3.23. The Labute approximate surface area is 80.4 Å². The summed E-state index contributed by atoms with van der Waals surface area (Å²) in [6.45, 7) is 0. The van der Waals surface area contributed by atoms with Crippen LogP contribution >= 0.6 is 8.46 Å². The van der Waals surface area contributed by atoms with E-state index < -0.39 is 44.3 Å². The van der Waals surface area contributed by atoms with Crippen LogP contribution in [0.3, 0.4) is 0 Å². The smallest absolute Gasteiger partial charge is 0.201 e. The van der Waals surface area contributed by atoms with E-state index in [1.165, 1.54) is 0 Å². The van der Waals surface area contributed by atoms with E-state index in [1.807, 2.05) is 0 Å². The Balaban J connectivity index is 3.04. The number of rotatable bonds is 1. The summed E-state index contributed by atoms with van der Waals surface area (Å²) >= 11 is 0. The molecule has 8 heteroatoms. The zero-order chi connectivity index (χ0) is 11.1. The molecule has 0 amide bonds. The van der Waals surface area contributed by atoms with Crippen LogP contribution in [0.1, 0.15) is 0 Å². The third kappa shape index (κ3) is 1.47. The van der Waals surface area contributed by atoms with Crippen molar-refractivity contribution in [3.8, 4) is 0 Å². The minimum absolute atomic E-state index is 1.05. The molecule has 0 unspecified atom stereocenters. The molecule has 0 heterocycles. The van der Waals surface area contributed by atoms with E-state index in [4.69, 9.17) is 15.3 Å². The lowest BCUT2D eigenvalue weighted by molar-refractivity contribution is -0.237. The highest BCUT2D eigenvalue weighted by molar-refractivity contribution is 7.25. The molecule has 1 fully saturated rings. The Hall–Kier alpha value is -0.140. The third-order valence-corrected chi connectivity index (χ3v) is 3.19. The van der Waals surface area contributed by atoms with Gasteiger partial charge in [-0.3, -0.25) is 4.57 Å². The quantitative estimate of drug-likeness (QED) is 0.259. The van der Waals surface area contributed by atoms with Crippen LogP contribution in [0.25, 0.3) is 0 Å². The zero-order valence-corrected chi connectivity index (χ0v) is 7.82. The molecular formula is C6H11O7P. The summed E-state index contributed by atoms with van der Waals surface area (Å²) in [5.74, 6) is 0. The first-order valence-corrected chi connectivity index (χ1v) is 4.64. The lowest BCUT2D eigenvalue weighted by Crippen LogP contribution is -2.68. The maximum atomic E-state index is 10.5. The first-order valence-electron chi connectivity index (χ1n) is 3.83. The highest BCUT2D eigenvalue weighted by Crippen LogP contribution is 2.37. The molecule has 0 bridgehead atoms. The summed E-state index contributed by atoms with van der Waals surface area (Å²) in [5.41, 5.74) is 0. The van der Waals surface area contributed by atoms with Gasteiger partial charge in [-0.25, -0.2) is 0 Å². The Bertz CT molecular complexity index is 218. The first-order chi connectivity index (χ1) is 6.36. The minimum Gasteiger partial charge on any atom is -0.387 e. The highest BCUT2D eigenvalue weighted by atomic mass is 31.1. The minimum atomic E-state index is -2.57. The Morgan fingerprint density at radius 2 is 1.21 bits per heavy atom. The van der Waals surface area contributed by atoms with E-state index in [-0.39, 0.29) is 0 Å². The van der Waals surface area contributed by atoms with E-state index in [9.17, 15) is 19.9 Å². The van der Waals surface area contributed by atoms with E-state index in [0.29, 0.717) is 0 Å². The van der Waals surface area contributed by atoms with E-state index in [0.717, 1.165) is 0 Å². The van der Waals surface area contributed by atoms with Crippen LogP contribution in [-0.4, -0.2) is 66.5 Å². The fraction of sp³-hybridized carbons (Fsp3) is 1.00. The van der Waals surface area contributed by atoms with Crippen molar-refractivity contribution in [2.75, 3.05) is 0 Å². The van der Waals surface area contributed by atoms with Gasteiger partial charge in [-0.05, 0) is 0 Å². The van der Waals surface area contributed by atoms with Crippen molar-refractivity contribution in [1.82, 2.24) is 0 Å². The van der Waals surface area contributed by atoms with Crippen molar-refractivity contribution in [3.63, 3.8) is 0 Å². The molecule has 0 aliphatic heterocycles. The van der Waals surface area contributed by atoms with Gasteiger partial charge in [0.2, 0.25) is 5.34 Å². The molecule has 0 spiro atoms. The molecule has 0 aromatic carbocycles. The van der Waals surface area contributed by atoms with Crippen LogP contribution in [0.2, 0.25) is 0 Å². The fourth-order valence-electron chi connectivity index (χ4n) is 1.36. The molecule has 0 radical (unpaired) electrons. The summed E-state index contributed by atoms with van der Waals surface area (Å²) < 4.78 is 10.5. The van der Waals surface area contributed by atoms with Crippen LogP contribution in [0.4, 0.5) is 0 Å². The van der Waals surface area contributed by atoms with Crippen LogP contribution < -0.4 is 0 Å². The molecule has 14 heavy (non-hydrogen) atoms. The number of hydrogen-bond acceptors (Lipinski definition) is 7. The molecular weight excluding hydrogens is 215 g/mol. The Morgan fingerprint density at radius 3 is 1.50 bits per heavy atom. The van der Waals surface area contributed by atoms with E-state index in [2.05, 4.69) is 0 Å². The molecule has 6 N–H and O–H groups in total. The van der Waals surface area contributed by atoms with Gasteiger partial charge >= 0.3 is 0 Å². The van der Waals surface area contributed by atoms with Crippen LogP contribution in [-0.2, 0) is 4.57 Å². The van der Waals surface area contributed by atoms with E-state index in [1.54, 1.807) is 0 Å². The average molecular weight is 226 g/mol. The van der Waals surface area contributed by atoms with Gasteiger partial charge in [-0.1, -0.05) is 0 Å². The summed E-state index contributed by atoms with van der Waals surface area (Å²) in [5, 5.41) is 52.6. The van der Waals surface area contributed by atoms with E-state index >= 15 is 0 Å². The second-order valence-electron chi connectivity index (χ2n) is 3.24. The zero-order valence-electron chi connectivity index (χ0n) is 6.93. The molecule has 1 aliphatic carbocycles. The van der Waals surface area contributed by atoms with Gasteiger partial charge < -0.3 is 30.6 Å². The molecule has 7 nitrogen and oxygen atoms in total. The van der Waals surface area contributed by atoms with Crippen LogP contribution in [0, 0.1) is 0 Å². The third-order valence-electron chi connectivity index (χ3n) is 2.36. The van der Waals surface area contributed by atoms with Crippen molar-refractivity contribution in [2.45, 2.75) is 35.9 Å². The van der Waals surface area contributed by atoms with Crippen molar-refractivity contribution >= 4 is 8.46 Å². The van der Waals surface area contributed by atoms with Crippen LogP contribution in [0.5, 0.6) is 0 Å². The molecule has 82 valence electrons. The van der Waals surface area contributed by atoms with Gasteiger partial charge in [0.25, 0.3) is 0 Å². The lowest BCUT2D eigenvalue weighted by atomic mass is 9.84. The summed E-state index contributed by atoms with van der Waals surface area (Å²) in [6, 6.07) is 0. The SMILES string of the molecule is O=P[C@@]1(O)[C@@H](O)[C@H](O)[C@@H](O)[C@H](O)[C@@H]1O. The molecule has 0 aromatic heterocycles. The standard InChI is InChI=1S/C6H11O7P/c7-1-2(8)4(10)6(12,14-13)5(11)3(1)9/h1-5,7-12H/t1-,2-,3+,4-,5-,6+/m0/s1. The topological polar surface area (TPSA) is 138 Å². The fourth-order valence-corrected chi connectivity index (χ4v) is 1.88. The van der Waals surface area contributed by atoms with Gasteiger partial charge in [0.05, 0.1) is 0 Å². The van der Waals surface area contributed by atoms with Gasteiger partial charge in [-0.2, -0.15) is 0 Å². The molecule has 0 saturated heterocycles. The molecule has 1 saturated carbocycles. The second kappa shape index (κ2) is 3.79. The van der Waals surface area contributed by atoms with Crippen molar-refractivity contribution in [2.24, 2.45) is 0 Å². The Morgan fingerprint density at radius 1 is 0.857 bits per heavy atom. The van der Waals surface area contributed by atoms with Gasteiger partial charge in [0, 0.05) is 0 Å². The first kappa shape index (κ1) is 11.9. The van der Waals surface area contributed by atoms with Crippen LogP contribution in [0.15, 0.2) is 0 Å². The van der Waals surface area contributed by atoms with Crippen molar-refractivity contribution in [1.29, 1.82) is 0 Å². The summed E-state index contributed by atoms with van der Waals surface area (Å²) in [7, 11) is -1.05. The predicted molar refractivity (Wildman–Crippen MR) is 42.6 cm³/mol. The van der Waals surface area contributed by atoms with Crippen molar-refractivity contribution < 1.29 is 35.2 Å². The number of hydrogen-bond donors (Lipinski definition) is 6. The monoisotopic (exact) mass is 226 g/mol. The maximum absolute atomic E-state index is 10.5. The highest BCUT2D eigenvalue weighted by Gasteiger charge is 2.58. The number of aliphatic hydroxyl groups is 6. The largest absolute Gasteiger partial charge is 0.387 e. The average Bonchev–Trinajstić information content (AvgIpc) is 2.21. The maximum Gasteiger partial charge on any atom is 0.201 e. The van der Waals surface area contributed by atoms with Crippen molar-refractivity contribution in [3.05, 3.63) is 0 Å². The van der Waals surface area contributed by atoms with Gasteiger partial charge in [-0.15, -0.1) is 0 Å².